The maximum atomic E-state index is 10.3. The van der Waals surface area contributed by atoms with Crippen molar-refractivity contribution in [3.8, 4) is 0 Å². The molecule has 0 aliphatic heterocycles. The van der Waals surface area contributed by atoms with Gasteiger partial charge in [0.2, 0.25) is 0 Å². The first-order valence-corrected chi connectivity index (χ1v) is 5.31. The minimum Gasteiger partial charge on any atom is -0.478 e. The number of carbonyl (C=O) groups is 1. The number of hydrogen-bond donors (Lipinski definition) is 1. The smallest absolute Gasteiger partial charge is 0.328 e. The molecule has 0 amide bonds. The van der Waals surface area contributed by atoms with Crippen molar-refractivity contribution >= 4 is 21.9 Å². The Morgan fingerprint density at radius 2 is 2.17 bits per heavy atom. The standard InChI is InChI=1S/C9H15BrO2/c1-2-3-4-5-8(7-10)6-9(11)12/h6H,2-5,7H2,1H3,(H,11,12)/b8-6+. The maximum Gasteiger partial charge on any atom is 0.328 e. The number of alkyl halides is 1. The number of rotatable bonds is 6. The number of halogens is 1. The van der Waals surface area contributed by atoms with E-state index < -0.39 is 5.97 Å². The van der Waals surface area contributed by atoms with E-state index in [4.69, 9.17) is 5.11 Å². The summed E-state index contributed by atoms with van der Waals surface area (Å²) in [4.78, 5) is 10.3. The second-order valence-electron chi connectivity index (χ2n) is 2.73. The molecule has 70 valence electrons. The summed E-state index contributed by atoms with van der Waals surface area (Å²) in [5.41, 5.74) is 0.968. The van der Waals surface area contributed by atoms with Crippen LogP contribution in [0.2, 0.25) is 0 Å². The quantitative estimate of drug-likeness (QED) is 0.436. The van der Waals surface area contributed by atoms with E-state index in [1.54, 1.807) is 0 Å². The summed E-state index contributed by atoms with van der Waals surface area (Å²) >= 11 is 3.26. The van der Waals surface area contributed by atoms with E-state index in [0.717, 1.165) is 18.4 Å². The average molecular weight is 235 g/mol. The molecule has 0 aromatic heterocycles. The molecule has 0 saturated heterocycles. The predicted molar refractivity (Wildman–Crippen MR) is 53.7 cm³/mol. The number of aliphatic carboxylic acids is 1. The van der Waals surface area contributed by atoms with E-state index in [-0.39, 0.29) is 0 Å². The summed E-state index contributed by atoms with van der Waals surface area (Å²) < 4.78 is 0. The Morgan fingerprint density at radius 3 is 2.58 bits per heavy atom. The van der Waals surface area contributed by atoms with Crippen molar-refractivity contribution in [2.75, 3.05) is 5.33 Å². The lowest BCUT2D eigenvalue weighted by Crippen LogP contribution is -1.94. The molecule has 0 atom stereocenters. The Morgan fingerprint density at radius 1 is 1.50 bits per heavy atom. The monoisotopic (exact) mass is 234 g/mol. The van der Waals surface area contributed by atoms with Crippen molar-refractivity contribution in [3.05, 3.63) is 11.6 Å². The van der Waals surface area contributed by atoms with Crippen LogP contribution in [0.25, 0.3) is 0 Å². The highest BCUT2D eigenvalue weighted by Crippen LogP contribution is 2.11. The molecule has 0 fully saturated rings. The van der Waals surface area contributed by atoms with Gasteiger partial charge in [-0.05, 0) is 12.8 Å². The van der Waals surface area contributed by atoms with Gasteiger partial charge in [0.25, 0.3) is 0 Å². The highest BCUT2D eigenvalue weighted by molar-refractivity contribution is 9.09. The highest BCUT2D eigenvalue weighted by atomic mass is 79.9. The largest absolute Gasteiger partial charge is 0.478 e. The van der Waals surface area contributed by atoms with Crippen molar-refractivity contribution in [1.82, 2.24) is 0 Å². The van der Waals surface area contributed by atoms with Crippen LogP contribution >= 0.6 is 15.9 Å². The van der Waals surface area contributed by atoms with Gasteiger partial charge in [-0.3, -0.25) is 0 Å². The van der Waals surface area contributed by atoms with Crippen molar-refractivity contribution < 1.29 is 9.90 Å². The molecular weight excluding hydrogens is 220 g/mol. The van der Waals surface area contributed by atoms with Gasteiger partial charge in [0, 0.05) is 11.4 Å². The minimum atomic E-state index is -0.846. The molecule has 0 aromatic rings. The van der Waals surface area contributed by atoms with E-state index >= 15 is 0 Å². The summed E-state index contributed by atoms with van der Waals surface area (Å²) in [6.45, 7) is 2.13. The Labute approximate surface area is 81.8 Å². The topological polar surface area (TPSA) is 37.3 Å². The third-order valence-electron chi connectivity index (χ3n) is 1.60. The lowest BCUT2D eigenvalue weighted by molar-refractivity contribution is -0.131. The van der Waals surface area contributed by atoms with E-state index in [9.17, 15) is 4.79 Å². The molecule has 2 nitrogen and oxygen atoms in total. The van der Waals surface area contributed by atoms with Crippen LogP contribution in [0.15, 0.2) is 11.6 Å². The molecule has 0 heterocycles. The number of carboxylic acid groups (broad SMARTS) is 1. The molecule has 0 aromatic carbocycles. The van der Waals surface area contributed by atoms with Gasteiger partial charge in [-0.1, -0.05) is 41.3 Å². The second kappa shape index (κ2) is 7.35. The first kappa shape index (κ1) is 11.7. The number of carboxylic acids is 1. The van der Waals surface area contributed by atoms with Crippen LogP contribution in [0, 0.1) is 0 Å². The molecule has 0 aliphatic rings. The fourth-order valence-corrected chi connectivity index (χ4v) is 1.40. The van der Waals surface area contributed by atoms with Crippen LogP contribution < -0.4 is 0 Å². The summed E-state index contributed by atoms with van der Waals surface area (Å²) in [5, 5.41) is 9.14. The summed E-state index contributed by atoms with van der Waals surface area (Å²) in [6.07, 6.45) is 5.61. The van der Waals surface area contributed by atoms with Crippen LogP contribution in [0.1, 0.15) is 32.6 Å². The van der Waals surface area contributed by atoms with Crippen LogP contribution in [-0.4, -0.2) is 16.4 Å². The Hall–Kier alpha value is -0.310. The normalized spacial score (nSPS) is 11.7. The fourth-order valence-electron chi connectivity index (χ4n) is 0.954. The number of hydrogen-bond acceptors (Lipinski definition) is 1. The zero-order valence-corrected chi connectivity index (χ0v) is 8.93. The van der Waals surface area contributed by atoms with Crippen LogP contribution in [0.5, 0.6) is 0 Å². The zero-order valence-electron chi connectivity index (χ0n) is 7.35. The van der Waals surface area contributed by atoms with Gasteiger partial charge in [0.15, 0.2) is 0 Å². The molecule has 0 unspecified atom stereocenters. The molecule has 0 spiro atoms. The van der Waals surface area contributed by atoms with Gasteiger partial charge >= 0.3 is 5.97 Å². The second-order valence-corrected chi connectivity index (χ2v) is 3.29. The van der Waals surface area contributed by atoms with Crippen LogP contribution in [0.3, 0.4) is 0 Å². The summed E-state index contributed by atoms with van der Waals surface area (Å²) in [7, 11) is 0. The third-order valence-corrected chi connectivity index (χ3v) is 2.32. The van der Waals surface area contributed by atoms with Crippen LogP contribution in [0.4, 0.5) is 0 Å². The Kier molecular flexibility index (Phi) is 7.16. The molecular formula is C9H15BrO2. The Bertz CT molecular complexity index is 164. The van der Waals surface area contributed by atoms with Crippen LogP contribution in [-0.2, 0) is 4.79 Å². The molecule has 1 N–H and O–H groups in total. The zero-order chi connectivity index (χ0) is 9.40. The van der Waals surface area contributed by atoms with Crippen molar-refractivity contribution in [1.29, 1.82) is 0 Å². The van der Waals surface area contributed by atoms with Gasteiger partial charge in [-0.15, -0.1) is 0 Å². The van der Waals surface area contributed by atoms with E-state index in [0.29, 0.717) is 5.33 Å². The summed E-state index contributed by atoms with van der Waals surface area (Å²) in [5.74, 6) is -0.846. The predicted octanol–water partition coefficient (Wildman–Crippen LogP) is 2.97. The van der Waals surface area contributed by atoms with Gasteiger partial charge in [0.05, 0.1) is 0 Å². The van der Waals surface area contributed by atoms with Gasteiger partial charge in [0.1, 0.15) is 0 Å². The van der Waals surface area contributed by atoms with Crippen molar-refractivity contribution in [2.45, 2.75) is 32.6 Å². The van der Waals surface area contributed by atoms with Crippen molar-refractivity contribution in [3.63, 3.8) is 0 Å². The average Bonchev–Trinajstić information content (AvgIpc) is 2.02. The molecule has 0 rings (SSSR count). The molecule has 3 heteroatoms. The van der Waals surface area contributed by atoms with Gasteiger partial charge < -0.3 is 5.11 Å². The van der Waals surface area contributed by atoms with Crippen molar-refractivity contribution in [2.24, 2.45) is 0 Å². The fraction of sp³-hybridized carbons (Fsp3) is 0.667. The van der Waals surface area contributed by atoms with E-state index in [1.807, 2.05) is 0 Å². The highest BCUT2D eigenvalue weighted by Gasteiger charge is 1.98. The van der Waals surface area contributed by atoms with E-state index in [2.05, 4.69) is 22.9 Å². The van der Waals surface area contributed by atoms with Gasteiger partial charge in [-0.25, -0.2) is 4.79 Å². The SMILES string of the molecule is CCCCC/C(=C\C(=O)O)CBr. The minimum absolute atomic E-state index is 0.670. The number of allylic oxidation sites excluding steroid dienone is 1. The molecule has 12 heavy (non-hydrogen) atoms. The summed E-state index contributed by atoms with van der Waals surface area (Å²) in [6, 6.07) is 0. The maximum absolute atomic E-state index is 10.3. The van der Waals surface area contributed by atoms with Gasteiger partial charge in [-0.2, -0.15) is 0 Å². The molecule has 0 saturated carbocycles. The first-order valence-electron chi connectivity index (χ1n) is 4.19. The molecule has 0 radical (unpaired) electrons. The van der Waals surface area contributed by atoms with E-state index in [1.165, 1.54) is 18.9 Å². The molecule has 0 aliphatic carbocycles. The Balaban J connectivity index is 3.75. The third kappa shape index (κ3) is 6.40. The first-order chi connectivity index (χ1) is 5.70. The number of unbranched alkanes of at least 4 members (excludes halogenated alkanes) is 2. The molecule has 0 bridgehead atoms. The lowest BCUT2D eigenvalue weighted by atomic mass is 10.1. The lowest BCUT2D eigenvalue weighted by Gasteiger charge is -2.00.